The first-order valence-corrected chi connectivity index (χ1v) is 7.06. The van der Waals surface area contributed by atoms with Crippen LogP contribution < -0.4 is 5.32 Å². The molecule has 0 bridgehead atoms. The van der Waals surface area contributed by atoms with Crippen molar-refractivity contribution in [3.63, 3.8) is 0 Å². The van der Waals surface area contributed by atoms with Crippen LogP contribution in [0.3, 0.4) is 0 Å². The average molecular weight is 270 g/mol. The maximum Gasteiger partial charge on any atom is 0.205 e. The molecular weight excluding hydrogens is 256 g/mol. The average Bonchev–Trinajstić information content (AvgIpc) is 2.93. The normalized spacial score (nSPS) is 10.8. The molecule has 4 nitrogen and oxygen atoms in total. The van der Waals surface area contributed by atoms with Crippen LogP contribution in [0.1, 0.15) is 17.5 Å². The first-order valence-electron chi connectivity index (χ1n) is 6.25. The lowest BCUT2D eigenvalue weighted by atomic mass is 10.1. The van der Waals surface area contributed by atoms with Crippen molar-refractivity contribution in [2.45, 2.75) is 19.9 Å². The van der Waals surface area contributed by atoms with Crippen molar-refractivity contribution >= 4 is 27.4 Å². The van der Waals surface area contributed by atoms with Gasteiger partial charge in [-0.25, -0.2) is 0 Å². The monoisotopic (exact) mass is 270 g/mol. The van der Waals surface area contributed by atoms with E-state index in [1.165, 1.54) is 5.56 Å². The number of benzene rings is 1. The third-order valence-corrected chi connectivity index (χ3v) is 3.91. The molecule has 0 radical (unpaired) electrons. The Kier molecular flexibility index (Phi) is 3.37. The number of nitrogens with zero attached hydrogens (tertiary/aromatic N) is 3. The topological polar surface area (TPSA) is 50.7 Å². The molecule has 3 rings (SSSR count). The predicted octanol–water partition coefficient (Wildman–Crippen LogP) is 3.26. The van der Waals surface area contributed by atoms with Crippen molar-refractivity contribution in [3.05, 3.63) is 47.1 Å². The van der Waals surface area contributed by atoms with Crippen molar-refractivity contribution in [2.75, 3.05) is 5.32 Å². The second-order valence-corrected chi connectivity index (χ2v) is 5.30. The molecule has 0 atom stereocenters. The Labute approximate surface area is 115 Å². The minimum atomic E-state index is 0.753. The number of aryl methyl sites for hydroxylation is 1. The quantitative estimate of drug-likeness (QED) is 0.790. The van der Waals surface area contributed by atoms with E-state index >= 15 is 0 Å². The summed E-state index contributed by atoms with van der Waals surface area (Å²) in [4.78, 5) is 4.31. The van der Waals surface area contributed by atoms with Crippen molar-refractivity contribution < 1.29 is 0 Å². The zero-order chi connectivity index (χ0) is 13.1. The van der Waals surface area contributed by atoms with E-state index < -0.39 is 0 Å². The molecule has 0 spiro atoms. The van der Waals surface area contributed by atoms with Crippen LogP contribution in [0.2, 0.25) is 0 Å². The molecule has 5 heteroatoms. The summed E-state index contributed by atoms with van der Waals surface area (Å²) in [6.45, 7) is 2.84. The second kappa shape index (κ2) is 5.32. The zero-order valence-corrected chi connectivity index (χ0v) is 11.4. The predicted molar refractivity (Wildman–Crippen MR) is 78.4 cm³/mol. The van der Waals surface area contributed by atoms with Crippen LogP contribution in [-0.2, 0) is 13.0 Å². The highest BCUT2D eigenvalue weighted by atomic mass is 32.1. The lowest BCUT2D eigenvalue weighted by Gasteiger charge is -2.04. The van der Waals surface area contributed by atoms with Crippen LogP contribution in [-0.4, -0.2) is 15.2 Å². The van der Waals surface area contributed by atoms with Gasteiger partial charge in [-0.1, -0.05) is 30.4 Å². The number of pyridine rings is 1. The van der Waals surface area contributed by atoms with Crippen LogP contribution in [0.15, 0.2) is 36.5 Å². The van der Waals surface area contributed by atoms with Gasteiger partial charge in [-0.15, -0.1) is 10.2 Å². The van der Waals surface area contributed by atoms with Gasteiger partial charge in [-0.3, -0.25) is 4.98 Å². The van der Waals surface area contributed by atoms with Crippen LogP contribution in [0.4, 0.5) is 5.13 Å². The molecule has 0 unspecified atom stereocenters. The number of anilines is 1. The summed E-state index contributed by atoms with van der Waals surface area (Å²) in [6, 6.07) is 10.3. The number of hydrogen-bond donors (Lipinski definition) is 1. The van der Waals surface area contributed by atoms with Crippen molar-refractivity contribution in [3.8, 4) is 0 Å². The molecule has 19 heavy (non-hydrogen) atoms. The van der Waals surface area contributed by atoms with Gasteiger partial charge >= 0.3 is 0 Å². The highest BCUT2D eigenvalue weighted by Gasteiger charge is 2.02. The van der Waals surface area contributed by atoms with E-state index in [1.54, 1.807) is 11.3 Å². The molecule has 96 valence electrons. The number of aromatic nitrogens is 3. The summed E-state index contributed by atoms with van der Waals surface area (Å²) >= 11 is 1.61. The van der Waals surface area contributed by atoms with Crippen LogP contribution in [0.5, 0.6) is 0 Å². The molecule has 0 saturated carbocycles. The minimum Gasteiger partial charge on any atom is -0.356 e. The van der Waals surface area contributed by atoms with Crippen molar-refractivity contribution in [1.82, 2.24) is 15.2 Å². The molecule has 0 aliphatic carbocycles. The Morgan fingerprint density at radius 3 is 3.00 bits per heavy atom. The van der Waals surface area contributed by atoms with Gasteiger partial charge in [0.05, 0.1) is 5.52 Å². The van der Waals surface area contributed by atoms with E-state index in [0.717, 1.165) is 34.0 Å². The van der Waals surface area contributed by atoms with Gasteiger partial charge in [-0.2, -0.15) is 0 Å². The van der Waals surface area contributed by atoms with Crippen molar-refractivity contribution in [2.24, 2.45) is 0 Å². The van der Waals surface area contributed by atoms with Crippen LogP contribution in [0, 0.1) is 0 Å². The Morgan fingerprint density at radius 2 is 2.16 bits per heavy atom. The van der Waals surface area contributed by atoms with Gasteiger partial charge in [0, 0.05) is 18.1 Å². The van der Waals surface area contributed by atoms with Crippen LogP contribution in [0.25, 0.3) is 10.9 Å². The third kappa shape index (κ3) is 2.71. The lowest BCUT2D eigenvalue weighted by Crippen LogP contribution is -1.98. The van der Waals surface area contributed by atoms with Crippen molar-refractivity contribution in [1.29, 1.82) is 0 Å². The molecular formula is C14H14N4S. The highest BCUT2D eigenvalue weighted by Crippen LogP contribution is 2.18. The van der Waals surface area contributed by atoms with E-state index in [4.69, 9.17) is 0 Å². The summed E-state index contributed by atoms with van der Waals surface area (Å²) < 4.78 is 0. The Balaban J connectivity index is 1.74. The molecule has 0 aliphatic rings. The first kappa shape index (κ1) is 12.0. The summed E-state index contributed by atoms with van der Waals surface area (Å²) in [5, 5.41) is 14.6. The summed E-state index contributed by atoms with van der Waals surface area (Å²) in [5.74, 6) is 0. The summed E-state index contributed by atoms with van der Waals surface area (Å²) in [5.41, 5.74) is 2.24. The van der Waals surface area contributed by atoms with Gasteiger partial charge in [0.2, 0.25) is 5.13 Å². The lowest BCUT2D eigenvalue weighted by molar-refractivity contribution is 0.975. The van der Waals surface area contributed by atoms with E-state index in [-0.39, 0.29) is 0 Å². The smallest absolute Gasteiger partial charge is 0.205 e. The van der Waals surface area contributed by atoms with E-state index in [1.807, 2.05) is 18.3 Å². The Morgan fingerprint density at radius 1 is 1.21 bits per heavy atom. The highest BCUT2D eigenvalue weighted by molar-refractivity contribution is 7.15. The fourth-order valence-electron chi connectivity index (χ4n) is 1.88. The molecule has 0 aliphatic heterocycles. The molecule has 0 saturated heterocycles. The van der Waals surface area contributed by atoms with Gasteiger partial charge in [-0.05, 0) is 30.2 Å². The SMILES string of the molecule is CCc1nnc(NCc2ccc3ncccc3c2)s1. The minimum absolute atomic E-state index is 0.753. The fourth-order valence-corrected chi connectivity index (χ4v) is 2.56. The molecule has 1 N–H and O–H groups in total. The fraction of sp³-hybridized carbons (Fsp3) is 0.214. The first-order chi connectivity index (χ1) is 9.35. The van der Waals surface area contributed by atoms with Gasteiger partial charge in [0.25, 0.3) is 0 Å². The van der Waals surface area contributed by atoms with Crippen LogP contribution >= 0.6 is 11.3 Å². The molecule has 2 heterocycles. The molecule has 3 aromatic rings. The van der Waals surface area contributed by atoms with E-state index in [0.29, 0.717) is 0 Å². The van der Waals surface area contributed by atoms with Gasteiger partial charge < -0.3 is 5.32 Å². The summed E-state index contributed by atoms with van der Waals surface area (Å²) in [6.07, 6.45) is 2.74. The maximum atomic E-state index is 4.31. The van der Waals surface area contributed by atoms with Gasteiger partial charge in [0.15, 0.2) is 0 Å². The van der Waals surface area contributed by atoms with E-state index in [9.17, 15) is 0 Å². The molecule has 0 amide bonds. The Bertz CT molecular complexity index is 692. The molecule has 2 aromatic heterocycles. The number of fused-ring (bicyclic) bond motifs is 1. The standard InChI is InChI=1S/C14H14N4S/c1-2-13-17-18-14(19-13)16-9-10-5-6-12-11(8-10)4-3-7-15-12/h3-8H,2,9H2,1H3,(H,16,18). The van der Waals surface area contributed by atoms with E-state index in [2.05, 4.69) is 45.6 Å². The third-order valence-electron chi connectivity index (χ3n) is 2.88. The largest absolute Gasteiger partial charge is 0.356 e. The molecule has 0 fully saturated rings. The summed E-state index contributed by atoms with van der Waals surface area (Å²) in [7, 11) is 0. The number of nitrogens with one attached hydrogen (secondary N) is 1. The number of hydrogen-bond acceptors (Lipinski definition) is 5. The Hall–Kier alpha value is -2.01. The molecule has 1 aromatic carbocycles. The van der Waals surface area contributed by atoms with Gasteiger partial charge in [0.1, 0.15) is 5.01 Å². The second-order valence-electron chi connectivity index (χ2n) is 4.24. The maximum absolute atomic E-state index is 4.31. The zero-order valence-electron chi connectivity index (χ0n) is 10.6. The number of rotatable bonds is 4.